The third-order valence-electron chi connectivity index (χ3n) is 2.29. The van der Waals surface area contributed by atoms with E-state index in [1.807, 2.05) is 13.0 Å². The summed E-state index contributed by atoms with van der Waals surface area (Å²) in [6.07, 6.45) is 2.50. The van der Waals surface area contributed by atoms with Crippen LogP contribution in [0.15, 0.2) is 29.0 Å². The number of hydrogen-bond acceptors (Lipinski definition) is 4. The number of hydrogen-bond donors (Lipinski definition) is 1. The number of nitrogens with zero attached hydrogens (tertiary/aromatic N) is 1. The van der Waals surface area contributed by atoms with E-state index >= 15 is 0 Å². The molecule has 0 bridgehead atoms. The Morgan fingerprint density at radius 2 is 2.28 bits per heavy atom. The molecule has 0 aliphatic heterocycles. The SMILES string of the molecule is CCOc1cncc(C(O)c2cc(Br)c(Cl)s2)c1. The number of rotatable bonds is 4. The average molecular weight is 349 g/mol. The Labute approximate surface area is 123 Å². The van der Waals surface area contributed by atoms with Crippen LogP contribution < -0.4 is 4.74 Å². The molecule has 0 amide bonds. The minimum atomic E-state index is -0.744. The van der Waals surface area contributed by atoms with Gasteiger partial charge in [0.05, 0.1) is 12.8 Å². The number of halogens is 2. The van der Waals surface area contributed by atoms with Gasteiger partial charge in [0.1, 0.15) is 16.2 Å². The number of thiophene rings is 1. The zero-order valence-electron chi connectivity index (χ0n) is 9.56. The first-order chi connectivity index (χ1) is 8.61. The molecule has 0 radical (unpaired) electrons. The van der Waals surface area contributed by atoms with Crippen LogP contribution in [0.3, 0.4) is 0 Å². The largest absolute Gasteiger partial charge is 0.492 e. The van der Waals surface area contributed by atoms with Crippen molar-refractivity contribution in [2.24, 2.45) is 0 Å². The second-order valence-electron chi connectivity index (χ2n) is 3.56. The van der Waals surface area contributed by atoms with Crippen LogP contribution >= 0.6 is 38.9 Å². The monoisotopic (exact) mass is 347 g/mol. The van der Waals surface area contributed by atoms with Gasteiger partial charge < -0.3 is 9.84 Å². The van der Waals surface area contributed by atoms with Crippen molar-refractivity contribution in [2.75, 3.05) is 6.61 Å². The maximum absolute atomic E-state index is 10.3. The van der Waals surface area contributed by atoms with Gasteiger partial charge >= 0.3 is 0 Å². The van der Waals surface area contributed by atoms with Crippen molar-refractivity contribution < 1.29 is 9.84 Å². The maximum Gasteiger partial charge on any atom is 0.137 e. The lowest BCUT2D eigenvalue weighted by Gasteiger charge is -2.10. The van der Waals surface area contributed by atoms with Crippen LogP contribution in [-0.2, 0) is 0 Å². The third kappa shape index (κ3) is 3.03. The van der Waals surface area contributed by atoms with Gasteiger partial charge in [0, 0.05) is 21.1 Å². The molecule has 1 atom stereocenters. The second kappa shape index (κ2) is 6.02. The van der Waals surface area contributed by atoms with Gasteiger partial charge in [-0.2, -0.15) is 0 Å². The number of pyridine rings is 1. The van der Waals surface area contributed by atoms with Crippen molar-refractivity contribution in [3.05, 3.63) is 43.8 Å². The van der Waals surface area contributed by atoms with Crippen molar-refractivity contribution in [1.82, 2.24) is 4.98 Å². The Morgan fingerprint density at radius 1 is 1.50 bits per heavy atom. The summed E-state index contributed by atoms with van der Waals surface area (Å²) in [5.41, 5.74) is 0.686. The van der Waals surface area contributed by atoms with Gasteiger partial charge in [-0.1, -0.05) is 11.6 Å². The van der Waals surface area contributed by atoms with E-state index in [1.54, 1.807) is 18.5 Å². The Morgan fingerprint density at radius 3 is 2.89 bits per heavy atom. The molecule has 2 heterocycles. The van der Waals surface area contributed by atoms with E-state index in [0.29, 0.717) is 22.3 Å². The molecule has 1 N–H and O–H groups in total. The second-order valence-corrected chi connectivity index (χ2v) is 6.10. The molecule has 1 unspecified atom stereocenters. The fraction of sp³-hybridized carbons (Fsp3) is 0.250. The van der Waals surface area contributed by atoms with Crippen LogP contribution in [0.25, 0.3) is 0 Å². The average Bonchev–Trinajstić information content (AvgIpc) is 2.69. The van der Waals surface area contributed by atoms with Crippen LogP contribution in [0.1, 0.15) is 23.5 Å². The minimum Gasteiger partial charge on any atom is -0.492 e. The molecule has 2 aromatic rings. The smallest absolute Gasteiger partial charge is 0.137 e. The van der Waals surface area contributed by atoms with Crippen LogP contribution in [0.5, 0.6) is 5.75 Å². The lowest BCUT2D eigenvalue weighted by atomic mass is 10.1. The van der Waals surface area contributed by atoms with Gasteiger partial charge in [-0.05, 0) is 35.0 Å². The highest BCUT2D eigenvalue weighted by molar-refractivity contribution is 9.10. The molecule has 6 heteroatoms. The molecule has 0 aliphatic carbocycles. The molecular weight excluding hydrogens is 338 g/mol. The maximum atomic E-state index is 10.3. The standard InChI is InChI=1S/C12H11BrClNO2S/c1-2-17-8-3-7(5-15-6-8)11(16)10-4-9(13)12(14)18-10/h3-6,11,16H,2H2,1H3. The Hall–Kier alpha value is -0.620. The zero-order valence-corrected chi connectivity index (χ0v) is 12.7. The van der Waals surface area contributed by atoms with Crippen molar-refractivity contribution in [3.8, 4) is 5.75 Å². The molecular formula is C12H11BrClNO2S. The van der Waals surface area contributed by atoms with Gasteiger partial charge in [0.15, 0.2) is 0 Å². The fourth-order valence-corrected chi connectivity index (χ4v) is 3.24. The van der Waals surface area contributed by atoms with Crippen molar-refractivity contribution in [3.63, 3.8) is 0 Å². The molecule has 3 nitrogen and oxygen atoms in total. The van der Waals surface area contributed by atoms with E-state index in [-0.39, 0.29) is 0 Å². The first-order valence-corrected chi connectivity index (χ1v) is 7.31. The first-order valence-electron chi connectivity index (χ1n) is 5.32. The van der Waals surface area contributed by atoms with Crippen molar-refractivity contribution in [1.29, 1.82) is 0 Å². The molecule has 0 aromatic carbocycles. The number of aromatic nitrogens is 1. The highest BCUT2D eigenvalue weighted by atomic mass is 79.9. The van der Waals surface area contributed by atoms with Crippen molar-refractivity contribution in [2.45, 2.75) is 13.0 Å². The summed E-state index contributed by atoms with van der Waals surface area (Å²) >= 11 is 10.6. The molecule has 0 saturated carbocycles. The number of aliphatic hydroxyl groups excluding tert-OH is 1. The summed E-state index contributed by atoms with van der Waals surface area (Å²) < 4.78 is 6.77. The molecule has 0 spiro atoms. The molecule has 0 aliphatic rings. The lowest BCUT2D eigenvalue weighted by Crippen LogP contribution is -1.99. The Bertz CT molecular complexity index is 527. The highest BCUT2D eigenvalue weighted by Crippen LogP contribution is 2.37. The normalized spacial score (nSPS) is 12.4. The summed E-state index contributed by atoms with van der Waals surface area (Å²) in [6.45, 7) is 2.47. The predicted octanol–water partition coefficient (Wildman–Crippen LogP) is 4.04. The Kier molecular flexibility index (Phi) is 4.61. The predicted molar refractivity (Wildman–Crippen MR) is 76.5 cm³/mol. The minimum absolute atomic E-state index is 0.567. The van der Waals surface area contributed by atoms with Crippen molar-refractivity contribution >= 4 is 38.9 Å². The van der Waals surface area contributed by atoms with E-state index in [0.717, 1.165) is 9.35 Å². The summed E-state index contributed by atoms with van der Waals surface area (Å²) in [5.74, 6) is 0.649. The molecule has 2 rings (SSSR count). The van der Waals surface area contributed by atoms with Crippen LogP contribution in [0.4, 0.5) is 0 Å². The van der Waals surface area contributed by atoms with E-state index in [4.69, 9.17) is 16.3 Å². The molecule has 0 fully saturated rings. The molecule has 2 aromatic heterocycles. The van der Waals surface area contributed by atoms with E-state index in [1.165, 1.54) is 11.3 Å². The summed E-state index contributed by atoms with van der Waals surface area (Å²) in [5, 5.41) is 10.3. The number of ether oxygens (including phenoxy) is 1. The summed E-state index contributed by atoms with van der Waals surface area (Å²) in [4.78, 5) is 4.82. The van der Waals surface area contributed by atoms with E-state index in [2.05, 4.69) is 20.9 Å². The first kappa shape index (κ1) is 13.8. The van der Waals surface area contributed by atoms with Crippen LogP contribution in [0, 0.1) is 0 Å². The van der Waals surface area contributed by atoms with Crippen LogP contribution in [0.2, 0.25) is 4.34 Å². The Balaban J connectivity index is 2.27. The van der Waals surface area contributed by atoms with Crippen LogP contribution in [-0.4, -0.2) is 16.7 Å². The van der Waals surface area contributed by atoms with Gasteiger partial charge in [0.25, 0.3) is 0 Å². The molecule has 96 valence electrons. The zero-order chi connectivity index (χ0) is 13.1. The summed E-state index contributed by atoms with van der Waals surface area (Å²) in [6, 6.07) is 3.59. The van der Waals surface area contributed by atoms with E-state index in [9.17, 15) is 5.11 Å². The van der Waals surface area contributed by atoms with Gasteiger partial charge in [0.2, 0.25) is 0 Å². The topological polar surface area (TPSA) is 42.4 Å². The van der Waals surface area contributed by atoms with Gasteiger partial charge in [-0.15, -0.1) is 11.3 Å². The summed E-state index contributed by atoms with van der Waals surface area (Å²) in [7, 11) is 0. The fourth-order valence-electron chi connectivity index (χ4n) is 1.49. The van der Waals surface area contributed by atoms with Gasteiger partial charge in [-0.25, -0.2) is 0 Å². The molecule has 0 saturated heterocycles. The lowest BCUT2D eigenvalue weighted by molar-refractivity contribution is 0.222. The molecule has 18 heavy (non-hydrogen) atoms. The quantitative estimate of drug-likeness (QED) is 0.906. The highest BCUT2D eigenvalue weighted by Gasteiger charge is 2.16. The van der Waals surface area contributed by atoms with E-state index < -0.39 is 6.10 Å². The number of aliphatic hydroxyl groups is 1. The third-order valence-corrected chi connectivity index (χ3v) is 4.82. The van der Waals surface area contributed by atoms with Gasteiger partial charge in [-0.3, -0.25) is 4.98 Å².